The highest BCUT2D eigenvalue weighted by molar-refractivity contribution is 5.75. The zero-order chi connectivity index (χ0) is 21.9. The normalized spacial score (nSPS) is 10.9. The SMILES string of the molecule is CCCCCCCCCCCCCCCCCC(=O)NCc1ccc(N(C)C)cc1. The van der Waals surface area contributed by atoms with E-state index in [1.54, 1.807) is 0 Å². The highest BCUT2D eigenvalue weighted by Gasteiger charge is 2.02. The van der Waals surface area contributed by atoms with E-state index in [4.69, 9.17) is 0 Å². The van der Waals surface area contributed by atoms with Crippen LogP contribution in [0.4, 0.5) is 5.69 Å². The standard InChI is InChI=1S/C27H48N2O/c1-4-5-6-7-8-9-10-11-12-13-14-15-16-17-18-19-27(30)28-24-25-20-22-26(23-21-25)29(2)3/h20-23H,4-19,24H2,1-3H3,(H,28,30). The third-order valence-electron chi connectivity index (χ3n) is 5.95. The third-order valence-corrected chi connectivity index (χ3v) is 5.95. The maximum absolute atomic E-state index is 12.0. The van der Waals surface area contributed by atoms with Crippen LogP contribution in [-0.2, 0) is 11.3 Å². The Hall–Kier alpha value is -1.51. The lowest BCUT2D eigenvalue weighted by atomic mass is 10.0. The van der Waals surface area contributed by atoms with E-state index in [1.807, 2.05) is 14.1 Å². The van der Waals surface area contributed by atoms with Crippen molar-refractivity contribution >= 4 is 11.6 Å². The lowest BCUT2D eigenvalue weighted by Gasteiger charge is -2.13. The minimum absolute atomic E-state index is 0.182. The van der Waals surface area contributed by atoms with Crippen molar-refractivity contribution in [1.29, 1.82) is 0 Å². The van der Waals surface area contributed by atoms with Crippen LogP contribution >= 0.6 is 0 Å². The molecule has 0 aliphatic rings. The van der Waals surface area contributed by atoms with Gasteiger partial charge in [0.15, 0.2) is 0 Å². The predicted molar refractivity (Wildman–Crippen MR) is 132 cm³/mol. The van der Waals surface area contributed by atoms with Crippen molar-refractivity contribution in [3.63, 3.8) is 0 Å². The highest BCUT2D eigenvalue weighted by Crippen LogP contribution is 2.14. The molecule has 3 nitrogen and oxygen atoms in total. The second kappa shape index (κ2) is 18.3. The van der Waals surface area contributed by atoms with Gasteiger partial charge in [0.05, 0.1) is 0 Å². The van der Waals surface area contributed by atoms with E-state index in [2.05, 4.69) is 41.4 Å². The smallest absolute Gasteiger partial charge is 0.220 e. The summed E-state index contributed by atoms with van der Waals surface area (Å²) in [5.41, 5.74) is 2.34. The van der Waals surface area contributed by atoms with Crippen LogP contribution in [0.15, 0.2) is 24.3 Å². The number of anilines is 1. The summed E-state index contributed by atoms with van der Waals surface area (Å²) in [5.74, 6) is 0.182. The average molecular weight is 417 g/mol. The van der Waals surface area contributed by atoms with Gasteiger partial charge in [-0.25, -0.2) is 0 Å². The van der Waals surface area contributed by atoms with Crippen molar-refractivity contribution in [1.82, 2.24) is 5.32 Å². The van der Waals surface area contributed by atoms with Crippen LogP contribution in [0, 0.1) is 0 Å². The number of unbranched alkanes of at least 4 members (excludes halogenated alkanes) is 14. The molecular weight excluding hydrogens is 368 g/mol. The number of nitrogens with one attached hydrogen (secondary N) is 1. The molecule has 172 valence electrons. The molecule has 0 unspecified atom stereocenters. The molecule has 0 aliphatic carbocycles. The zero-order valence-corrected chi connectivity index (χ0v) is 20.2. The second-order valence-electron chi connectivity index (χ2n) is 9.04. The van der Waals surface area contributed by atoms with Gasteiger partial charge in [-0.1, -0.05) is 109 Å². The first-order valence-electron chi connectivity index (χ1n) is 12.7. The van der Waals surface area contributed by atoms with Crippen molar-refractivity contribution in [2.24, 2.45) is 0 Å². The molecular formula is C27H48N2O. The van der Waals surface area contributed by atoms with E-state index in [0.717, 1.165) is 12.0 Å². The number of benzene rings is 1. The fraction of sp³-hybridized carbons (Fsp3) is 0.741. The number of carbonyl (C=O) groups is 1. The topological polar surface area (TPSA) is 32.3 Å². The molecule has 3 heteroatoms. The molecule has 1 aromatic carbocycles. The minimum atomic E-state index is 0.182. The van der Waals surface area contributed by atoms with Gasteiger partial charge >= 0.3 is 0 Å². The Morgan fingerprint density at radius 3 is 1.57 bits per heavy atom. The van der Waals surface area contributed by atoms with E-state index in [0.29, 0.717) is 13.0 Å². The first-order valence-corrected chi connectivity index (χ1v) is 12.7. The number of hydrogen-bond donors (Lipinski definition) is 1. The van der Waals surface area contributed by atoms with Gasteiger partial charge in [0.25, 0.3) is 0 Å². The van der Waals surface area contributed by atoms with Crippen LogP contribution in [-0.4, -0.2) is 20.0 Å². The van der Waals surface area contributed by atoms with Crippen LogP contribution in [0.3, 0.4) is 0 Å². The summed E-state index contributed by atoms with van der Waals surface area (Å²) >= 11 is 0. The van der Waals surface area contributed by atoms with Crippen LogP contribution in [0.2, 0.25) is 0 Å². The molecule has 1 amide bonds. The molecule has 0 radical (unpaired) electrons. The summed E-state index contributed by atoms with van der Waals surface area (Å²) in [6.07, 6.45) is 21.0. The summed E-state index contributed by atoms with van der Waals surface area (Å²) < 4.78 is 0. The lowest BCUT2D eigenvalue weighted by Crippen LogP contribution is -2.22. The highest BCUT2D eigenvalue weighted by atomic mass is 16.1. The molecule has 0 aliphatic heterocycles. The minimum Gasteiger partial charge on any atom is -0.378 e. The molecule has 1 aromatic rings. The third kappa shape index (κ3) is 14.5. The lowest BCUT2D eigenvalue weighted by molar-refractivity contribution is -0.121. The molecule has 0 fully saturated rings. The molecule has 0 bridgehead atoms. The molecule has 0 heterocycles. The molecule has 0 atom stereocenters. The molecule has 1 rings (SSSR count). The van der Waals surface area contributed by atoms with Crippen molar-refractivity contribution in [3.05, 3.63) is 29.8 Å². The Morgan fingerprint density at radius 2 is 1.13 bits per heavy atom. The fourth-order valence-electron chi connectivity index (χ4n) is 3.86. The number of nitrogens with zero attached hydrogens (tertiary/aromatic N) is 1. The zero-order valence-electron chi connectivity index (χ0n) is 20.2. The molecule has 30 heavy (non-hydrogen) atoms. The Balaban J connectivity index is 1.86. The molecule has 1 N–H and O–H groups in total. The predicted octanol–water partition coefficient (Wildman–Crippen LogP) is 7.63. The summed E-state index contributed by atoms with van der Waals surface area (Å²) in [6, 6.07) is 8.36. The number of carbonyl (C=O) groups excluding carboxylic acids is 1. The molecule has 0 saturated carbocycles. The maximum atomic E-state index is 12.0. The summed E-state index contributed by atoms with van der Waals surface area (Å²) in [4.78, 5) is 14.1. The van der Waals surface area contributed by atoms with E-state index in [9.17, 15) is 4.79 Å². The number of rotatable bonds is 19. The van der Waals surface area contributed by atoms with Gasteiger partial charge in [-0.3, -0.25) is 4.79 Å². The Labute approximate surface area is 187 Å². The average Bonchev–Trinajstić information content (AvgIpc) is 2.75. The van der Waals surface area contributed by atoms with Crippen LogP contribution in [0.25, 0.3) is 0 Å². The van der Waals surface area contributed by atoms with Gasteiger partial charge < -0.3 is 10.2 Å². The largest absolute Gasteiger partial charge is 0.378 e. The quantitative estimate of drug-likeness (QED) is 0.235. The summed E-state index contributed by atoms with van der Waals surface area (Å²) in [6.45, 7) is 2.91. The van der Waals surface area contributed by atoms with Crippen LogP contribution < -0.4 is 10.2 Å². The van der Waals surface area contributed by atoms with E-state index >= 15 is 0 Å². The van der Waals surface area contributed by atoms with Crippen molar-refractivity contribution < 1.29 is 4.79 Å². The maximum Gasteiger partial charge on any atom is 0.220 e. The Bertz CT molecular complexity index is 524. The van der Waals surface area contributed by atoms with Gasteiger partial charge in [0.1, 0.15) is 0 Å². The van der Waals surface area contributed by atoms with E-state index in [-0.39, 0.29) is 5.91 Å². The van der Waals surface area contributed by atoms with Crippen molar-refractivity contribution in [2.45, 2.75) is 116 Å². The number of amides is 1. The van der Waals surface area contributed by atoms with Gasteiger partial charge in [-0.15, -0.1) is 0 Å². The second-order valence-corrected chi connectivity index (χ2v) is 9.04. The summed E-state index contributed by atoms with van der Waals surface area (Å²) in [5, 5.41) is 3.04. The van der Waals surface area contributed by atoms with Crippen LogP contribution in [0.1, 0.15) is 115 Å². The van der Waals surface area contributed by atoms with Crippen LogP contribution in [0.5, 0.6) is 0 Å². The molecule has 0 aromatic heterocycles. The fourth-order valence-corrected chi connectivity index (χ4v) is 3.86. The van der Waals surface area contributed by atoms with Gasteiger partial charge in [-0.05, 0) is 24.1 Å². The molecule has 0 spiro atoms. The van der Waals surface area contributed by atoms with Crippen molar-refractivity contribution in [3.8, 4) is 0 Å². The summed E-state index contributed by atoms with van der Waals surface area (Å²) in [7, 11) is 4.07. The molecule has 0 saturated heterocycles. The Morgan fingerprint density at radius 1 is 0.700 bits per heavy atom. The van der Waals surface area contributed by atoms with Gasteiger partial charge in [0.2, 0.25) is 5.91 Å². The van der Waals surface area contributed by atoms with Gasteiger partial charge in [-0.2, -0.15) is 0 Å². The first-order chi connectivity index (χ1) is 14.6. The first kappa shape index (κ1) is 26.5. The monoisotopic (exact) mass is 416 g/mol. The Kier molecular flexibility index (Phi) is 16.2. The van der Waals surface area contributed by atoms with Crippen molar-refractivity contribution in [2.75, 3.05) is 19.0 Å². The van der Waals surface area contributed by atoms with E-state index in [1.165, 1.54) is 95.6 Å². The van der Waals surface area contributed by atoms with Gasteiger partial charge in [0, 0.05) is 32.7 Å². The van der Waals surface area contributed by atoms with E-state index < -0.39 is 0 Å². The number of hydrogen-bond acceptors (Lipinski definition) is 2.